The quantitative estimate of drug-likeness (QED) is 0.426. The minimum Gasteiger partial charge on any atom is -0.449 e. The molecule has 0 aromatic carbocycles. The van der Waals surface area contributed by atoms with E-state index in [-0.39, 0.29) is 35.6 Å². The summed E-state index contributed by atoms with van der Waals surface area (Å²) in [6.45, 7) is 13.1. The number of amides is 3. The van der Waals surface area contributed by atoms with Crippen molar-refractivity contribution in [2.75, 3.05) is 19.7 Å². The van der Waals surface area contributed by atoms with Gasteiger partial charge < -0.3 is 26.0 Å². The molecule has 3 amide bonds. The maximum absolute atomic E-state index is 13.8. The Kier molecular flexibility index (Phi) is 11.0. The van der Waals surface area contributed by atoms with Crippen LogP contribution in [0.4, 0.5) is 4.79 Å². The van der Waals surface area contributed by atoms with Gasteiger partial charge in [0.1, 0.15) is 12.1 Å². The van der Waals surface area contributed by atoms with Crippen molar-refractivity contribution < 1.29 is 19.1 Å². The highest BCUT2D eigenvalue weighted by Crippen LogP contribution is 2.34. The van der Waals surface area contributed by atoms with Crippen molar-refractivity contribution >= 4 is 29.7 Å². The fourth-order valence-electron chi connectivity index (χ4n) is 4.89. The predicted octanol–water partition coefficient (Wildman–Crippen LogP) is 3.28. The molecule has 0 spiro atoms. The lowest BCUT2D eigenvalue weighted by Crippen LogP contribution is -2.60. The van der Waals surface area contributed by atoms with Gasteiger partial charge in [-0.1, -0.05) is 47.0 Å². The van der Waals surface area contributed by atoms with Crippen molar-refractivity contribution in [3.8, 4) is 0 Å². The van der Waals surface area contributed by atoms with Gasteiger partial charge in [-0.3, -0.25) is 9.59 Å². The molecule has 34 heavy (non-hydrogen) atoms. The van der Waals surface area contributed by atoms with Crippen LogP contribution in [0.15, 0.2) is 0 Å². The second-order valence-corrected chi connectivity index (χ2v) is 13.3. The molecule has 0 aromatic rings. The Morgan fingerprint density at radius 2 is 1.76 bits per heavy atom. The van der Waals surface area contributed by atoms with Crippen LogP contribution in [0.2, 0.25) is 0 Å². The molecule has 2 fully saturated rings. The molecule has 1 aliphatic heterocycles. The van der Waals surface area contributed by atoms with Gasteiger partial charge in [0.05, 0.1) is 6.61 Å². The van der Waals surface area contributed by atoms with Crippen molar-refractivity contribution in [2.24, 2.45) is 17.6 Å². The lowest BCUT2D eigenvalue weighted by molar-refractivity contribution is -0.140. The summed E-state index contributed by atoms with van der Waals surface area (Å²) in [6.07, 6.45) is 5.76. The Labute approximate surface area is 209 Å². The molecule has 0 unspecified atom stereocenters. The van der Waals surface area contributed by atoms with Gasteiger partial charge >= 0.3 is 6.09 Å². The van der Waals surface area contributed by atoms with Crippen molar-refractivity contribution in [3.63, 3.8) is 0 Å². The molecule has 9 heteroatoms. The van der Waals surface area contributed by atoms with Crippen molar-refractivity contribution in [2.45, 2.75) is 108 Å². The highest BCUT2D eigenvalue weighted by molar-refractivity contribution is 8.01. The number of thioether (sulfide) groups is 1. The number of alkyl carbamates (subject to hydrolysis) is 1. The van der Waals surface area contributed by atoms with E-state index in [0.29, 0.717) is 25.4 Å². The average Bonchev–Trinajstić information content (AvgIpc) is 3.15. The van der Waals surface area contributed by atoms with Crippen LogP contribution in [-0.4, -0.2) is 70.6 Å². The zero-order chi connectivity index (χ0) is 25.5. The Hall–Kier alpha value is -1.48. The van der Waals surface area contributed by atoms with E-state index in [9.17, 15) is 14.4 Å². The number of nitrogens with zero attached hydrogens (tertiary/aromatic N) is 1. The lowest BCUT2D eigenvalue weighted by Gasteiger charge is -2.38. The summed E-state index contributed by atoms with van der Waals surface area (Å²) in [5.74, 6) is 0.253. The van der Waals surface area contributed by atoms with Crippen LogP contribution in [0.3, 0.4) is 0 Å². The zero-order valence-electron chi connectivity index (χ0n) is 21.9. The van der Waals surface area contributed by atoms with E-state index in [1.807, 2.05) is 27.7 Å². The van der Waals surface area contributed by atoms with Crippen LogP contribution in [0.25, 0.3) is 0 Å². The van der Waals surface area contributed by atoms with E-state index in [4.69, 9.17) is 10.5 Å². The Morgan fingerprint density at radius 1 is 1.12 bits per heavy atom. The molecule has 4 N–H and O–H groups in total. The third-order valence-corrected chi connectivity index (χ3v) is 7.82. The van der Waals surface area contributed by atoms with Gasteiger partial charge in [0.15, 0.2) is 0 Å². The van der Waals surface area contributed by atoms with E-state index in [0.717, 1.165) is 12.8 Å². The summed E-state index contributed by atoms with van der Waals surface area (Å²) in [4.78, 5) is 41.1. The van der Waals surface area contributed by atoms with Gasteiger partial charge in [0.2, 0.25) is 11.8 Å². The molecule has 0 radical (unpaired) electrons. The maximum Gasteiger partial charge on any atom is 0.407 e. The van der Waals surface area contributed by atoms with Crippen LogP contribution in [0.1, 0.15) is 80.1 Å². The molecule has 3 atom stereocenters. The van der Waals surface area contributed by atoms with Crippen LogP contribution in [-0.2, 0) is 14.3 Å². The number of nitrogens with two attached hydrogens (primary N) is 1. The summed E-state index contributed by atoms with van der Waals surface area (Å²) in [7, 11) is 0. The molecule has 196 valence electrons. The summed E-state index contributed by atoms with van der Waals surface area (Å²) in [5.41, 5.74) is 6.21. The molecule has 2 aliphatic rings. The minimum atomic E-state index is -0.849. The first-order valence-electron chi connectivity index (χ1n) is 12.9. The number of likely N-dealkylation sites (tertiary alicyclic amines) is 1. The van der Waals surface area contributed by atoms with E-state index >= 15 is 0 Å². The molecule has 1 saturated carbocycles. The summed E-state index contributed by atoms with van der Waals surface area (Å²) in [5, 5.41) is 6.13. The molecule has 1 heterocycles. The second kappa shape index (κ2) is 13.0. The number of carbonyl (C=O) groups excluding carboxylic acids is 3. The topological polar surface area (TPSA) is 114 Å². The summed E-state index contributed by atoms with van der Waals surface area (Å²) >= 11 is 1.61. The maximum atomic E-state index is 13.8. The van der Waals surface area contributed by atoms with Crippen LogP contribution in [0, 0.1) is 11.8 Å². The van der Waals surface area contributed by atoms with Gasteiger partial charge in [-0.2, -0.15) is 11.8 Å². The van der Waals surface area contributed by atoms with Crippen molar-refractivity contribution in [3.05, 3.63) is 0 Å². The van der Waals surface area contributed by atoms with Gasteiger partial charge in [-0.15, -0.1) is 0 Å². The van der Waals surface area contributed by atoms with Crippen molar-refractivity contribution in [1.82, 2.24) is 15.5 Å². The summed E-state index contributed by atoms with van der Waals surface area (Å²) < 4.78 is 4.70. The molecule has 2 rings (SSSR count). The molecule has 8 nitrogen and oxygen atoms in total. The highest BCUT2D eigenvalue weighted by atomic mass is 32.2. The van der Waals surface area contributed by atoms with Crippen LogP contribution >= 0.6 is 11.8 Å². The van der Waals surface area contributed by atoms with Gasteiger partial charge in [0.25, 0.3) is 0 Å². The van der Waals surface area contributed by atoms with Crippen LogP contribution < -0.4 is 16.4 Å². The van der Waals surface area contributed by atoms with Gasteiger partial charge in [0, 0.05) is 23.9 Å². The fraction of sp³-hybridized carbons (Fsp3) is 0.880. The standard InChI is InChI=1S/C25H46N4O4S/c1-16(2)15-33-24(32)28-21(25(5,6)34-17(3)4)23(31)29-14-19(26)12-20(29)22(30)27-13-18-10-8-7-9-11-18/h16-21H,7-15,26H2,1-6H3,(H,27,30)(H,28,32)/t19-,20+,21+/m1/s1. The highest BCUT2D eigenvalue weighted by Gasteiger charge is 2.46. The number of hydrogen-bond donors (Lipinski definition) is 3. The number of carbonyl (C=O) groups is 3. The molecule has 1 aliphatic carbocycles. The molecular weight excluding hydrogens is 452 g/mol. The minimum absolute atomic E-state index is 0.151. The molecular formula is C25H46N4O4S. The Bertz CT molecular complexity index is 694. The van der Waals surface area contributed by atoms with E-state index in [1.165, 1.54) is 19.3 Å². The number of ether oxygens (including phenoxy) is 1. The first-order valence-corrected chi connectivity index (χ1v) is 13.7. The second-order valence-electron chi connectivity index (χ2n) is 11.1. The number of hydrogen-bond acceptors (Lipinski definition) is 6. The Balaban J connectivity index is 2.15. The molecule has 1 saturated heterocycles. The first-order chi connectivity index (χ1) is 15.9. The zero-order valence-corrected chi connectivity index (χ0v) is 22.7. The van der Waals surface area contributed by atoms with Gasteiger partial charge in [-0.25, -0.2) is 4.79 Å². The smallest absolute Gasteiger partial charge is 0.407 e. The van der Waals surface area contributed by atoms with E-state index in [2.05, 4.69) is 24.5 Å². The summed E-state index contributed by atoms with van der Waals surface area (Å²) in [6, 6.07) is -1.75. The third kappa shape index (κ3) is 8.63. The van der Waals surface area contributed by atoms with E-state index in [1.54, 1.807) is 16.7 Å². The number of rotatable bonds is 10. The van der Waals surface area contributed by atoms with Crippen LogP contribution in [0.5, 0.6) is 0 Å². The number of nitrogens with one attached hydrogen (secondary N) is 2. The largest absolute Gasteiger partial charge is 0.449 e. The average molecular weight is 499 g/mol. The third-order valence-electron chi connectivity index (χ3n) is 6.50. The lowest BCUT2D eigenvalue weighted by atomic mass is 9.89. The normalized spacial score (nSPS) is 22.7. The first kappa shape index (κ1) is 28.8. The van der Waals surface area contributed by atoms with E-state index < -0.39 is 22.9 Å². The SMILES string of the molecule is CC(C)COC(=O)N[C@@H](C(=O)N1C[C@H](N)C[C@H]1C(=O)NCC1CCCCC1)C(C)(C)SC(C)C. The fourth-order valence-corrected chi connectivity index (χ4v) is 6.40. The molecule has 0 aromatic heterocycles. The monoisotopic (exact) mass is 498 g/mol. The van der Waals surface area contributed by atoms with Gasteiger partial charge in [-0.05, 0) is 50.2 Å². The van der Waals surface area contributed by atoms with Crippen molar-refractivity contribution in [1.29, 1.82) is 0 Å². The molecule has 0 bridgehead atoms. The Morgan fingerprint density at radius 3 is 2.35 bits per heavy atom. The predicted molar refractivity (Wildman–Crippen MR) is 138 cm³/mol.